The Hall–Kier alpha value is -3.25. The highest BCUT2D eigenvalue weighted by Crippen LogP contribution is 2.32. The zero-order valence-electron chi connectivity index (χ0n) is 17.1. The molecular formula is C21H24FN3O7. The van der Waals surface area contributed by atoms with E-state index in [-0.39, 0.29) is 18.1 Å². The second-order valence-electron chi connectivity index (χ2n) is 7.46. The van der Waals surface area contributed by atoms with Crippen molar-refractivity contribution >= 4 is 28.9 Å². The lowest BCUT2D eigenvalue weighted by atomic mass is 9.96. The molecule has 1 aliphatic rings. The van der Waals surface area contributed by atoms with Crippen LogP contribution in [0.3, 0.4) is 0 Å². The number of nitrogens with zero attached hydrogens (tertiary/aromatic N) is 1. The summed E-state index contributed by atoms with van der Waals surface area (Å²) in [6.07, 6.45) is -8.53. The summed E-state index contributed by atoms with van der Waals surface area (Å²) in [5, 5.41) is 42.8. The van der Waals surface area contributed by atoms with E-state index < -0.39 is 42.4 Å². The maximum atomic E-state index is 13.3. The fourth-order valence-electron chi connectivity index (χ4n) is 3.47. The zero-order valence-corrected chi connectivity index (χ0v) is 17.1. The van der Waals surface area contributed by atoms with Crippen LogP contribution in [0.4, 0.5) is 21.5 Å². The van der Waals surface area contributed by atoms with Gasteiger partial charge in [-0.2, -0.15) is 0 Å². The number of hydrogen-bond acceptors (Lipinski definition) is 8. The van der Waals surface area contributed by atoms with E-state index in [1.54, 1.807) is 6.07 Å². The number of benzene rings is 2. The first-order chi connectivity index (χ1) is 15.1. The van der Waals surface area contributed by atoms with Gasteiger partial charge in [0, 0.05) is 19.2 Å². The molecule has 11 heteroatoms. The SMILES string of the molecule is CC(=O)Nc1ccc(N(Cc2ccc(F)cc2)[C@@H]2O[C@H](C(=O)O)[C@@H](O)[C@H](O)[C@H]2O)cc1N. The zero-order chi connectivity index (χ0) is 23.6. The minimum Gasteiger partial charge on any atom is -0.479 e. The average molecular weight is 449 g/mol. The molecule has 2 aromatic rings. The molecular weight excluding hydrogens is 425 g/mol. The van der Waals surface area contributed by atoms with Gasteiger partial charge in [-0.15, -0.1) is 0 Å². The fraction of sp³-hybridized carbons (Fsp3) is 0.333. The number of halogens is 1. The Bertz CT molecular complexity index is 988. The quantitative estimate of drug-likeness (QED) is 0.339. The highest BCUT2D eigenvalue weighted by atomic mass is 19.1. The van der Waals surface area contributed by atoms with Gasteiger partial charge < -0.3 is 41.1 Å². The van der Waals surface area contributed by atoms with Gasteiger partial charge >= 0.3 is 5.97 Å². The van der Waals surface area contributed by atoms with Crippen molar-refractivity contribution < 1.29 is 39.1 Å². The Labute approximate surface area is 182 Å². The van der Waals surface area contributed by atoms with Crippen molar-refractivity contribution in [2.75, 3.05) is 16.0 Å². The number of ether oxygens (including phenoxy) is 1. The number of carbonyl (C=O) groups is 2. The van der Waals surface area contributed by atoms with Gasteiger partial charge in [-0.25, -0.2) is 9.18 Å². The van der Waals surface area contributed by atoms with E-state index in [1.165, 1.54) is 48.2 Å². The number of anilines is 3. The number of nitrogen functional groups attached to an aromatic ring is 1. The number of aliphatic hydroxyl groups is 3. The number of carboxylic acids is 1. The second-order valence-corrected chi connectivity index (χ2v) is 7.46. The largest absolute Gasteiger partial charge is 0.479 e. The number of carboxylic acid groups (broad SMARTS) is 1. The Kier molecular flexibility index (Phi) is 6.94. The van der Waals surface area contributed by atoms with Crippen LogP contribution in [0.5, 0.6) is 0 Å². The number of nitrogens with two attached hydrogens (primary N) is 1. The summed E-state index contributed by atoms with van der Waals surface area (Å²) in [4.78, 5) is 24.3. The molecule has 1 heterocycles. The summed E-state index contributed by atoms with van der Waals surface area (Å²) in [6, 6.07) is 9.99. The predicted octanol–water partition coefficient (Wildman–Crippen LogP) is 0.265. The van der Waals surface area contributed by atoms with Gasteiger partial charge in [0.25, 0.3) is 0 Å². The summed E-state index contributed by atoms with van der Waals surface area (Å²) < 4.78 is 18.8. The molecule has 3 rings (SSSR count). The molecule has 0 bridgehead atoms. The summed E-state index contributed by atoms with van der Waals surface area (Å²) in [5.74, 6) is -2.31. The first-order valence-corrected chi connectivity index (χ1v) is 9.69. The van der Waals surface area contributed by atoms with E-state index in [0.29, 0.717) is 16.9 Å². The normalized spacial score (nSPS) is 25.2. The van der Waals surface area contributed by atoms with E-state index in [1.807, 2.05) is 0 Å². The van der Waals surface area contributed by atoms with Crippen molar-refractivity contribution in [2.24, 2.45) is 0 Å². The Morgan fingerprint density at radius 1 is 1.09 bits per heavy atom. The average Bonchev–Trinajstić information content (AvgIpc) is 2.73. The van der Waals surface area contributed by atoms with Crippen molar-refractivity contribution in [2.45, 2.75) is 44.1 Å². The third kappa shape index (κ3) is 4.97. The highest BCUT2D eigenvalue weighted by molar-refractivity contribution is 5.92. The minimum atomic E-state index is -1.85. The van der Waals surface area contributed by atoms with Crippen LogP contribution >= 0.6 is 0 Å². The van der Waals surface area contributed by atoms with Gasteiger partial charge in [-0.1, -0.05) is 12.1 Å². The van der Waals surface area contributed by atoms with Crippen LogP contribution in [-0.4, -0.2) is 62.9 Å². The monoisotopic (exact) mass is 449 g/mol. The molecule has 10 nitrogen and oxygen atoms in total. The van der Waals surface area contributed by atoms with Crippen molar-refractivity contribution in [1.82, 2.24) is 0 Å². The van der Waals surface area contributed by atoms with E-state index in [2.05, 4.69) is 5.32 Å². The standard InChI is InChI=1S/C21H24FN3O7/c1-10(26)24-15-7-6-13(8-14(15)23)25(9-11-2-4-12(22)5-3-11)20-18(29)16(27)17(28)19(32-20)21(30)31/h2-8,16-20,27-29H,9,23H2,1H3,(H,24,26)(H,30,31)/t16-,17-,18+,19-,20+/m0/s1. The minimum absolute atomic E-state index is 0.0100. The number of aliphatic carboxylic acids is 1. The van der Waals surface area contributed by atoms with Crippen LogP contribution in [0, 0.1) is 5.82 Å². The van der Waals surface area contributed by atoms with Crippen molar-refractivity contribution in [1.29, 1.82) is 0 Å². The van der Waals surface area contributed by atoms with Crippen molar-refractivity contribution in [3.63, 3.8) is 0 Å². The number of aliphatic hydroxyl groups excluding tert-OH is 3. The number of hydrogen-bond donors (Lipinski definition) is 6. The molecule has 0 saturated carbocycles. The molecule has 32 heavy (non-hydrogen) atoms. The number of nitrogens with one attached hydrogen (secondary N) is 1. The topological polar surface area (TPSA) is 166 Å². The maximum Gasteiger partial charge on any atom is 0.335 e. The molecule has 7 N–H and O–H groups in total. The molecule has 0 spiro atoms. The summed E-state index contributed by atoms with van der Waals surface area (Å²) in [7, 11) is 0. The first kappa shape index (κ1) is 23.4. The molecule has 172 valence electrons. The van der Waals surface area contributed by atoms with Crippen LogP contribution in [0.25, 0.3) is 0 Å². The van der Waals surface area contributed by atoms with E-state index in [9.17, 15) is 34.4 Å². The Morgan fingerprint density at radius 3 is 2.31 bits per heavy atom. The Morgan fingerprint density at radius 2 is 1.75 bits per heavy atom. The first-order valence-electron chi connectivity index (χ1n) is 9.69. The molecule has 0 aliphatic carbocycles. The molecule has 5 atom stereocenters. The van der Waals surface area contributed by atoms with Gasteiger partial charge in [0.05, 0.1) is 11.4 Å². The number of carbonyl (C=O) groups excluding carboxylic acids is 1. The smallest absolute Gasteiger partial charge is 0.335 e. The summed E-state index contributed by atoms with van der Waals surface area (Å²) >= 11 is 0. The molecule has 1 fully saturated rings. The molecule has 1 aliphatic heterocycles. The lowest BCUT2D eigenvalue weighted by Gasteiger charge is -2.44. The number of rotatable bonds is 6. The third-order valence-corrected chi connectivity index (χ3v) is 5.08. The number of amides is 1. The lowest BCUT2D eigenvalue weighted by Crippen LogP contribution is -2.64. The van der Waals surface area contributed by atoms with Crippen molar-refractivity contribution in [3.05, 3.63) is 53.8 Å². The second kappa shape index (κ2) is 9.49. The van der Waals surface area contributed by atoms with Crippen LogP contribution in [0.1, 0.15) is 12.5 Å². The highest BCUT2D eigenvalue weighted by Gasteiger charge is 2.49. The van der Waals surface area contributed by atoms with E-state index >= 15 is 0 Å². The van der Waals surface area contributed by atoms with Crippen LogP contribution < -0.4 is 16.0 Å². The molecule has 0 radical (unpaired) electrons. The Balaban J connectivity index is 2.02. The van der Waals surface area contributed by atoms with Gasteiger partial charge in [-0.05, 0) is 35.9 Å². The van der Waals surface area contributed by atoms with Gasteiger partial charge in [0.2, 0.25) is 5.91 Å². The molecule has 1 saturated heterocycles. The summed E-state index contributed by atoms with van der Waals surface area (Å²) in [5.41, 5.74) is 7.50. The molecule has 1 amide bonds. The van der Waals surface area contributed by atoms with Gasteiger partial charge in [-0.3, -0.25) is 4.79 Å². The third-order valence-electron chi connectivity index (χ3n) is 5.08. The molecule has 0 unspecified atom stereocenters. The summed E-state index contributed by atoms with van der Waals surface area (Å²) in [6.45, 7) is 1.33. The molecule has 2 aromatic carbocycles. The van der Waals surface area contributed by atoms with Crippen LogP contribution in [-0.2, 0) is 20.9 Å². The fourth-order valence-corrected chi connectivity index (χ4v) is 3.47. The predicted molar refractivity (Wildman–Crippen MR) is 112 cm³/mol. The van der Waals surface area contributed by atoms with Crippen LogP contribution in [0.2, 0.25) is 0 Å². The maximum absolute atomic E-state index is 13.3. The van der Waals surface area contributed by atoms with E-state index in [4.69, 9.17) is 10.5 Å². The lowest BCUT2D eigenvalue weighted by molar-refractivity contribution is -0.227. The van der Waals surface area contributed by atoms with Gasteiger partial charge in [0.15, 0.2) is 12.3 Å². The van der Waals surface area contributed by atoms with Crippen LogP contribution in [0.15, 0.2) is 42.5 Å². The van der Waals surface area contributed by atoms with Gasteiger partial charge in [0.1, 0.15) is 24.1 Å². The molecule has 0 aromatic heterocycles. The van der Waals surface area contributed by atoms with Crippen molar-refractivity contribution in [3.8, 4) is 0 Å². The van der Waals surface area contributed by atoms with E-state index in [0.717, 1.165) is 0 Å².